The summed E-state index contributed by atoms with van der Waals surface area (Å²) in [6.07, 6.45) is 1.04. The predicted octanol–water partition coefficient (Wildman–Crippen LogP) is 1.57. The molecule has 1 aromatic carbocycles. The van der Waals surface area contributed by atoms with Gasteiger partial charge in [0.1, 0.15) is 0 Å². The Hall–Kier alpha value is -2.33. The van der Waals surface area contributed by atoms with Gasteiger partial charge in [0.15, 0.2) is 10.4 Å². The van der Waals surface area contributed by atoms with Gasteiger partial charge in [-0.3, -0.25) is 14.3 Å². The number of hydrogen-bond acceptors (Lipinski definition) is 5. The first kappa shape index (κ1) is 19.0. The van der Waals surface area contributed by atoms with Crippen LogP contribution in [0.1, 0.15) is 20.9 Å². The van der Waals surface area contributed by atoms with Crippen LogP contribution in [0.15, 0.2) is 45.5 Å². The fourth-order valence-corrected chi connectivity index (χ4v) is 2.75. The number of rotatable bonds is 7. The third-order valence-electron chi connectivity index (χ3n) is 2.94. The Morgan fingerprint density at radius 2 is 1.60 bits per heavy atom. The molecule has 8 nitrogen and oxygen atoms in total. The third kappa shape index (κ3) is 6.24. The van der Waals surface area contributed by atoms with Gasteiger partial charge in [0.2, 0.25) is 10.0 Å². The topological polar surface area (TPSA) is 118 Å². The second-order valence-corrected chi connectivity index (χ2v) is 7.60. The molecule has 2 amide bonds. The number of hydrogen-bond donors (Lipinski definition) is 3. The standard InChI is InChI=1S/C15H16BrN3O5S/c1-25(22,23)19-11-4-2-10(3-5-11)14(20)17-8-9-18-15(21)12-6-7-13(16)24-12/h2-7,19H,8-9H2,1H3,(H,17,20)(H,18,21). The lowest BCUT2D eigenvalue weighted by Gasteiger charge is -2.07. The zero-order chi connectivity index (χ0) is 18.4. The highest BCUT2D eigenvalue weighted by molar-refractivity contribution is 9.10. The minimum Gasteiger partial charge on any atom is -0.444 e. The first-order valence-corrected chi connectivity index (χ1v) is 9.82. The van der Waals surface area contributed by atoms with E-state index in [9.17, 15) is 18.0 Å². The fraction of sp³-hybridized carbons (Fsp3) is 0.200. The van der Waals surface area contributed by atoms with Crippen LogP contribution in [-0.2, 0) is 10.0 Å². The van der Waals surface area contributed by atoms with Crippen LogP contribution in [0, 0.1) is 0 Å². The molecule has 134 valence electrons. The van der Waals surface area contributed by atoms with Crippen LogP contribution in [0.3, 0.4) is 0 Å². The number of benzene rings is 1. The average Bonchev–Trinajstić information content (AvgIpc) is 2.97. The maximum Gasteiger partial charge on any atom is 0.287 e. The Bertz CT molecular complexity index is 862. The second-order valence-electron chi connectivity index (χ2n) is 5.07. The molecule has 2 rings (SSSR count). The highest BCUT2D eigenvalue weighted by atomic mass is 79.9. The van der Waals surface area contributed by atoms with Crippen LogP contribution in [0.4, 0.5) is 5.69 Å². The molecule has 0 saturated heterocycles. The molecule has 0 saturated carbocycles. The summed E-state index contributed by atoms with van der Waals surface area (Å²) < 4.78 is 30.1. The summed E-state index contributed by atoms with van der Waals surface area (Å²) in [5.74, 6) is -0.538. The summed E-state index contributed by atoms with van der Waals surface area (Å²) >= 11 is 3.11. The largest absolute Gasteiger partial charge is 0.444 e. The summed E-state index contributed by atoms with van der Waals surface area (Å²) in [4.78, 5) is 23.7. The maximum atomic E-state index is 12.0. The van der Waals surface area contributed by atoms with Crippen LogP contribution in [0.25, 0.3) is 0 Å². The van der Waals surface area contributed by atoms with Crippen molar-refractivity contribution in [1.82, 2.24) is 10.6 Å². The van der Waals surface area contributed by atoms with E-state index in [1.54, 1.807) is 6.07 Å². The Labute approximate surface area is 153 Å². The van der Waals surface area contributed by atoms with E-state index in [0.29, 0.717) is 15.9 Å². The number of carbonyl (C=O) groups is 2. The second kappa shape index (κ2) is 8.17. The van der Waals surface area contributed by atoms with Gasteiger partial charge in [-0.25, -0.2) is 8.42 Å². The highest BCUT2D eigenvalue weighted by Gasteiger charge is 2.10. The minimum absolute atomic E-state index is 0.173. The molecule has 1 heterocycles. The molecule has 0 atom stereocenters. The zero-order valence-corrected chi connectivity index (χ0v) is 15.6. The smallest absolute Gasteiger partial charge is 0.287 e. The number of sulfonamides is 1. The monoisotopic (exact) mass is 429 g/mol. The first-order valence-electron chi connectivity index (χ1n) is 7.14. The molecule has 0 bridgehead atoms. The lowest BCUT2D eigenvalue weighted by Crippen LogP contribution is -2.34. The minimum atomic E-state index is -3.36. The zero-order valence-electron chi connectivity index (χ0n) is 13.2. The van der Waals surface area contributed by atoms with Crippen molar-refractivity contribution in [2.45, 2.75) is 0 Å². The average molecular weight is 430 g/mol. The van der Waals surface area contributed by atoms with Crippen molar-refractivity contribution in [3.63, 3.8) is 0 Å². The normalized spacial score (nSPS) is 11.0. The summed E-state index contributed by atoms with van der Waals surface area (Å²) in [6, 6.07) is 9.13. The molecule has 10 heteroatoms. The molecule has 0 aliphatic carbocycles. The van der Waals surface area contributed by atoms with Crippen LogP contribution >= 0.6 is 15.9 Å². The van der Waals surface area contributed by atoms with E-state index in [0.717, 1.165) is 6.26 Å². The van der Waals surface area contributed by atoms with Crippen molar-refractivity contribution in [1.29, 1.82) is 0 Å². The number of anilines is 1. The molecule has 0 fully saturated rings. The fourth-order valence-electron chi connectivity index (χ4n) is 1.88. The van der Waals surface area contributed by atoms with E-state index in [2.05, 4.69) is 31.3 Å². The van der Waals surface area contributed by atoms with Gasteiger partial charge >= 0.3 is 0 Å². The molecular weight excluding hydrogens is 414 g/mol. The summed E-state index contributed by atoms with van der Waals surface area (Å²) in [6.45, 7) is 0.465. The third-order valence-corrected chi connectivity index (χ3v) is 3.98. The van der Waals surface area contributed by atoms with E-state index in [-0.39, 0.29) is 30.7 Å². The molecule has 0 radical (unpaired) electrons. The van der Waals surface area contributed by atoms with Crippen molar-refractivity contribution < 1.29 is 22.4 Å². The van der Waals surface area contributed by atoms with Crippen LogP contribution in [0.5, 0.6) is 0 Å². The molecule has 25 heavy (non-hydrogen) atoms. The van der Waals surface area contributed by atoms with Gasteiger partial charge in [0.05, 0.1) is 6.26 Å². The number of carbonyl (C=O) groups excluding carboxylic acids is 2. The van der Waals surface area contributed by atoms with Crippen LogP contribution in [0.2, 0.25) is 0 Å². The van der Waals surface area contributed by atoms with E-state index in [1.807, 2.05) is 0 Å². The molecular formula is C15H16BrN3O5S. The number of furan rings is 1. The predicted molar refractivity (Wildman–Crippen MR) is 96.0 cm³/mol. The van der Waals surface area contributed by atoms with Gasteiger partial charge < -0.3 is 15.1 Å². The maximum absolute atomic E-state index is 12.0. The molecule has 3 N–H and O–H groups in total. The van der Waals surface area contributed by atoms with Crippen molar-refractivity contribution in [3.8, 4) is 0 Å². The SMILES string of the molecule is CS(=O)(=O)Nc1ccc(C(=O)NCCNC(=O)c2ccc(Br)o2)cc1. The summed E-state index contributed by atoms with van der Waals surface area (Å²) in [5, 5.41) is 5.26. The van der Waals surface area contributed by atoms with E-state index < -0.39 is 10.0 Å². The number of nitrogens with one attached hydrogen (secondary N) is 3. The van der Waals surface area contributed by atoms with E-state index in [4.69, 9.17) is 4.42 Å². The highest BCUT2D eigenvalue weighted by Crippen LogP contribution is 2.13. The molecule has 0 unspecified atom stereocenters. The molecule has 2 aromatic rings. The lowest BCUT2D eigenvalue weighted by molar-refractivity contribution is 0.0909. The van der Waals surface area contributed by atoms with Gasteiger partial charge in [0.25, 0.3) is 11.8 Å². The molecule has 0 aliphatic rings. The summed E-state index contributed by atoms with van der Waals surface area (Å²) in [5.41, 5.74) is 0.747. The summed E-state index contributed by atoms with van der Waals surface area (Å²) in [7, 11) is -3.36. The Kier molecular flexibility index (Phi) is 6.21. The van der Waals surface area contributed by atoms with Crippen molar-refractivity contribution in [2.24, 2.45) is 0 Å². The van der Waals surface area contributed by atoms with Gasteiger partial charge in [-0.15, -0.1) is 0 Å². The van der Waals surface area contributed by atoms with Gasteiger partial charge in [-0.05, 0) is 52.3 Å². The first-order chi connectivity index (χ1) is 11.7. The molecule has 0 spiro atoms. The van der Waals surface area contributed by atoms with Gasteiger partial charge in [-0.2, -0.15) is 0 Å². The van der Waals surface area contributed by atoms with E-state index >= 15 is 0 Å². The van der Waals surface area contributed by atoms with Crippen molar-refractivity contribution in [3.05, 3.63) is 52.4 Å². The molecule has 0 aliphatic heterocycles. The Balaban J connectivity index is 1.77. The number of amides is 2. The van der Waals surface area contributed by atoms with Crippen LogP contribution in [-0.4, -0.2) is 39.6 Å². The van der Waals surface area contributed by atoms with Gasteiger partial charge in [-0.1, -0.05) is 0 Å². The molecule has 1 aromatic heterocycles. The van der Waals surface area contributed by atoms with Crippen molar-refractivity contribution >= 4 is 43.5 Å². The quantitative estimate of drug-likeness (QED) is 0.577. The Morgan fingerprint density at radius 1 is 1.00 bits per heavy atom. The van der Waals surface area contributed by atoms with Gasteiger partial charge in [0, 0.05) is 24.3 Å². The van der Waals surface area contributed by atoms with Crippen molar-refractivity contribution in [2.75, 3.05) is 24.1 Å². The Morgan fingerprint density at radius 3 is 2.12 bits per heavy atom. The van der Waals surface area contributed by atoms with Crippen LogP contribution < -0.4 is 15.4 Å². The van der Waals surface area contributed by atoms with E-state index in [1.165, 1.54) is 30.3 Å². The number of halogens is 1. The lowest BCUT2D eigenvalue weighted by atomic mass is 10.2.